The number of fused-ring (bicyclic) bond motifs is 3. The lowest BCUT2D eigenvalue weighted by atomic mass is 9.78. The molecule has 0 nitrogen and oxygen atoms in total. The highest BCUT2D eigenvalue weighted by Gasteiger charge is 2.65. The van der Waals surface area contributed by atoms with Crippen molar-refractivity contribution in [3.8, 4) is 22.3 Å². The molecule has 34 heavy (non-hydrogen) atoms. The van der Waals surface area contributed by atoms with Crippen LogP contribution >= 0.6 is 0 Å². The molecule has 178 valence electrons. The van der Waals surface area contributed by atoms with Gasteiger partial charge in [-0.05, 0) is 53.1 Å². The molecule has 0 heterocycles. The summed E-state index contributed by atoms with van der Waals surface area (Å²) >= 11 is 0. The lowest BCUT2D eigenvalue weighted by Gasteiger charge is -2.36. The summed E-state index contributed by atoms with van der Waals surface area (Å²) in [6, 6.07) is 8.26. The highest BCUT2D eigenvalue weighted by Crippen LogP contribution is 2.60. The normalized spacial score (nSPS) is 15.5. The van der Waals surface area contributed by atoms with Gasteiger partial charge in [0, 0.05) is 5.56 Å². The van der Waals surface area contributed by atoms with Crippen LogP contribution in [0, 0.1) is 17.5 Å². The molecule has 0 spiro atoms. The quantitative estimate of drug-likeness (QED) is 0.246. The highest BCUT2D eigenvalue weighted by molar-refractivity contribution is 5.80. The van der Waals surface area contributed by atoms with Crippen molar-refractivity contribution in [3.63, 3.8) is 0 Å². The summed E-state index contributed by atoms with van der Waals surface area (Å²) in [5, 5.41) is 0. The van der Waals surface area contributed by atoms with Crippen LogP contribution in [0.3, 0.4) is 0 Å². The predicted octanol–water partition coefficient (Wildman–Crippen LogP) is 8.71. The Morgan fingerprint density at radius 1 is 0.735 bits per heavy atom. The first-order valence-electron chi connectivity index (χ1n) is 10.9. The number of rotatable bonds is 6. The number of aryl methyl sites for hydroxylation is 2. The van der Waals surface area contributed by atoms with Crippen molar-refractivity contribution in [2.24, 2.45) is 0 Å². The van der Waals surface area contributed by atoms with E-state index in [4.69, 9.17) is 0 Å². The van der Waals surface area contributed by atoms with E-state index in [1.807, 2.05) is 0 Å². The van der Waals surface area contributed by atoms with Crippen molar-refractivity contribution in [3.05, 3.63) is 94.8 Å². The molecule has 1 aliphatic rings. The minimum Gasteiger partial charge on any atom is -0.207 e. The molecule has 3 aromatic rings. The van der Waals surface area contributed by atoms with Crippen molar-refractivity contribution in [1.29, 1.82) is 0 Å². The van der Waals surface area contributed by atoms with E-state index in [9.17, 15) is 8.78 Å². The van der Waals surface area contributed by atoms with Crippen LogP contribution in [-0.4, -0.2) is 0 Å². The maximum Gasteiger partial charge on any atom is 0.343 e. The SMILES string of the molecule is C=CCCc1ccc(-c2ccc3c(c2F)C(F)(F)C(F)(F)c2c-3ccc(CCC)c2F)cc1F. The van der Waals surface area contributed by atoms with Gasteiger partial charge >= 0.3 is 11.8 Å². The van der Waals surface area contributed by atoms with Gasteiger partial charge in [-0.25, -0.2) is 13.2 Å². The van der Waals surface area contributed by atoms with Gasteiger partial charge in [0.15, 0.2) is 0 Å². The van der Waals surface area contributed by atoms with E-state index in [2.05, 4.69) is 6.58 Å². The molecule has 1 aliphatic carbocycles. The molecule has 3 aromatic carbocycles. The van der Waals surface area contributed by atoms with Gasteiger partial charge in [0.2, 0.25) is 0 Å². The van der Waals surface area contributed by atoms with E-state index in [0.717, 1.165) is 24.3 Å². The predicted molar refractivity (Wildman–Crippen MR) is 117 cm³/mol. The summed E-state index contributed by atoms with van der Waals surface area (Å²) in [6.45, 7) is 5.26. The third kappa shape index (κ3) is 3.53. The van der Waals surface area contributed by atoms with Crippen LogP contribution < -0.4 is 0 Å². The number of hydrogen-bond donors (Lipinski definition) is 0. The standard InChI is InChI=1S/C27H21F7/c1-3-5-7-15-8-9-17(14-21(15)28)18-12-13-20-19-11-10-16(6-4-2)24(29)22(19)26(31,32)27(33,34)23(20)25(18)30/h3,8-14H,1,4-7H2,2H3. The van der Waals surface area contributed by atoms with Gasteiger partial charge in [-0.1, -0.05) is 55.8 Å². The fourth-order valence-corrected chi connectivity index (χ4v) is 4.43. The van der Waals surface area contributed by atoms with E-state index >= 15 is 22.0 Å². The molecule has 0 amide bonds. The zero-order chi connectivity index (χ0) is 24.8. The van der Waals surface area contributed by atoms with Gasteiger partial charge in [-0.3, -0.25) is 0 Å². The minimum absolute atomic E-state index is 0.0745. The van der Waals surface area contributed by atoms with Crippen LogP contribution in [0.5, 0.6) is 0 Å². The molecule has 0 bridgehead atoms. The lowest BCUT2D eigenvalue weighted by molar-refractivity contribution is -0.227. The number of hydrogen-bond acceptors (Lipinski definition) is 0. The van der Waals surface area contributed by atoms with Crippen molar-refractivity contribution in [1.82, 2.24) is 0 Å². The molecule has 0 unspecified atom stereocenters. The Labute approximate surface area is 192 Å². The van der Waals surface area contributed by atoms with Crippen LogP contribution in [-0.2, 0) is 24.7 Å². The largest absolute Gasteiger partial charge is 0.343 e. The minimum atomic E-state index is -5.02. The third-order valence-electron chi connectivity index (χ3n) is 6.18. The number of benzene rings is 3. The molecule has 0 radical (unpaired) electrons. The monoisotopic (exact) mass is 478 g/mol. The van der Waals surface area contributed by atoms with Gasteiger partial charge in [0.05, 0.1) is 11.1 Å². The fourth-order valence-electron chi connectivity index (χ4n) is 4.43. The first kappa shape index (κ1) is 24.0. The van der Waals surface area contributed by atoms with Crippen molar-refractivity contribution in [2.75, 3.05) is 0 Å². The van der Waals surface area contributed by atoms with E-state index in [-0.39, 0.29) is 17.5 Å². The van der Waals surface area contributed by atoms with Gasteiger partial charge in [-0.15, -0.1) is 6.58 Å². The summed E-state index contributed by atoms with van der Waals surface area (Å²) < 4.78 is 105. The second-order valence-corrected chi connectivity index (χ2v) is 8.34. The second kappa shape index (κ2) is 8.60. The molecule has 0 aromatic heterocycles. The van der Waals surface area contributed by atoms with Gasteiger partial charge < -0.3 is 0 Å². The topological polar surface area (TPSA) is 0 Å². The third-order valence-corrected chi connectivity index (χ3v) is 6.18. The fraction of sp³-hybridized carbons (Fsp3) is 0.259. The van der Waals surface area contributed by atoms with Crippen molar-refractivity contribution < 1.29 is 30.7 Å². The zero-order valence-electron chi connectivity index (χ0n) is 18.3. The Morgan fingerprint density at radius 2 is 1.29 bits per heavy atom. The average molecular weight is 478 g/mol. The lowest BCUT2D eigenvalue weighted by Crippen LogP contribution is -2.41. The molecule has 0 saturated heterocycles. The summed E-state index contributed by atoms with van der Waals surface area (Å²) in [5.41, 5.74) is -4.27. The van der Waals surface area contributed by atoms with E-state index < -0.39 is 57.1 Å². The molecule has 0 saturated carbocycles. The Morgan fingerprint density at radius 3 is 1.88 bits per heavy atom. The first-order valence-corrected chi connectivity index (χ1v) is 10.9. The molecule has 7 heteroatoms. The van der Waals surface area contributed by atoms with Crippen LogP contribution in [0.2, 0.25) is 0 Å². The van der Waals surface area contributed by atoms with Crippen LogP contribution in [0.1, 0.15) is 42.0 Å². The summed E-state index contributed by atoms with van der Waals surface area (Å²) in [5.74, 6) is -13.7. The van der Waals surface area contributed by atoms with E-state index in [0.29, 0.717) is 24.8 Å². The highest BCUT2D eigenvalue weighted by atomic mass is 19.3. The van der Waals surface area contributed by atoms with Gasteiger partial charge in [0.25, 0.3) is 0 Å². The Bertz CT molecular complexity index is 1270. The molecular weight excluding hydrogens is 457 g/mol. The number of halogens is 7. The molecule has 0 aliphatic heterocycles. The average Bonchev–Trinajstić information content (AvgIpc) is 2.78. The number of allylic oxidation sites excluding steroid dienone is 1. The van der Waals surface area contributed by atoms with E-state index in [1.54, 1.807) is 13.0 Å². The van der Waals surface area contributed by atoms with Gasteiger partial charge in [-0.2, -0.15) is 17.6 Å². The van der Waals surface area contributed by atoms with Crippen LogP contribution in [0.4, 0.5) is 30.7 Å². The van der Waals surface area contributed by atoms with Crippen LogP contribution in [0.25, 0.3) is 22.3 Å². The molecule has 4 rings (SSSR count). The molecular formula is C27H21F7. The molecule has 0 N–H and O–H groups in total. The number of alkyl halides is 4. The molecule has 0 fully saturated rings. The summed E-state index contributed by atoms with van der Waals surface area (Å²) in [4.78, 5) is 0. The first-order chi connectivity index (χ1) is 16.1. The van der Waals surface area contributed by atoms with Crippen molar-refractivity contribution in [2.45, 2.75) is 44.5 Å². The van der Waals surface area contributed by atoms with E-state index in [1.165, 1.54) is 18.2 Å². The second-order valence-electron chi connectivity index (χ2n) is 8.34. The summed E-state index contributed by atoms with van der Waals surface area (Å²) in [7, 11) is 0. The Hall–Kier alpha value is -3.09. The van der Waals surface area contributed by atoms with Crippen molar-refractivity contribution >= 4 is 0 Å². The maximum atomic E-state index is 15.5. The Balaban J connectivity index is 1.93. The Kier molecular flexibility index (Phi) is 6.08. The van der Waals surface area contributed by atoms with Crippen LogP contribution in [0.15, 0.2) is 55.1 Å². The smallest absolute Gasteiger partial charge is 0.207 e. The zero-order valence-corrected chi connectivity index (χ0v) is 18.3. The van der Waals surface area contributed by atoms with Gasteiger partial charge in [0.1, 0.15) is 17.5 Å². The molecule has 0 atom stereocenters. The summed E-state index contributed by atoms with van der Waals surface area (Å²) in [6.07, 6.45) is 2.96. The maximum absolute atomic E-state index is 15.5.